The molecule has 0 heterocycles. The summed E-state index contributed by atoms with van der Waals surface area (Å²) in [4.78, 5) is 0. The third-order valence-electron chi connectivity index (χ3n) is 1.37. The lowest BCUT2D eigenvalue weighted by Gasteiger charge is -2.07. The van der Waals surface area contributed by atoms with E-state index in [0.717, 1.165) is 18.2 Å². The first-order chi connectivity index (χ1) is 5.91. The third-order valence-corrected chi connectivity index (χ3v) is 2.04. The maximum atomic E-state index is 12.0. The quantitative estimate of drug-likeness (QED) is 0.495. The van der Waals surface area contributed by atoms with Crippen molar-refractivity contribution in [1.29, 1.82) is 0 Å². The fourth-order valence-electron chi connectivity index (χ4n) is 0.787. The van der Waals surface area contributed by atoms with Gasteiger partial charge in [-0.05, 0) is 18.2 Å². The van der Waals surface area contributed by atoms with Crippen molar-refractivity contribution in [3.05, 3.63) is 29.8 Å². The predicted molar refractivity (Wildman–Crippen MR) is 40.2 cm³/mol. The monoisotopic (exact) mass is 214 g/mol. The molecule has 13 heavy (non-hydrogen) atoms. The fraction of sp³-hybridized carbons (Fsp3) is 0.143. The molecule has 0 fully saturated rings. The molecule has 0 aliphatic carbocycles. The first-order valence-electron chi connectivity index (χ1n) is 3.20. The van der Waals surface area contributed by atoms with Gasteiger partial charge < -0.3 is 0 Å². The Morgan fingerprint density at radius 3 is 2.15 bits per heavy atom. The normalized spacial score (nSPS) is 12.2. The Morgan fingerprint density at radius 2 is 1.69 bits per heavy atom. The van der Waals surface area contributed by atoms with E-state index in [-0.39, 0.29) is 0 Å². The lowest BCUT2D eigenvalue weighted by Crippen LogP contribution is -2.08. The van der Waals surface area contributed by atoms with Gasteiger partial charge in [0.1, 0.15) is 0 Å². The van der Waals surface area contributed by atoms with Gasteiger partial charge in [-0.15, -0.1) is 0 Å². The number of hydrogen-bond acceptors (Lipinski definition) is 0. The summed E-state index contributed by atoms with van der Waals surface area (Å²) in [5.41, 5.74) is -1.03. The minimum atomic E-state index is -4.55. The van der Waals surface area contributed by atoms with Gasteiger partial charge in [-0.1, -0.05) is 6.07 Å². The predicted octanol–water partition coefficient (Wildman–Crippen LogP) is 3.58. The molecule has 0 bridgehead atoms. The molecule has 0 aromatic heterocycles. The molecule has 0 saturated heterocycles. The number of rotatable bonds is 1. The molecular weight excluding hydrogens is 210 g/mol. The summed E-state index contributed by atoms with van der Waals surface area (Å²) in [5, 5.41) is -0.551. The van der Waals surface area contributed by atoms with Gasteiger partial charge in [0.05, 0.1) is 5.56 Å². The van der Waals surface area contributed by atoms with Crippen LogP contribution >= 0.6 is 8.54 Å². The average molecular weight is 214 g/mol. The zero-order chi connectivity index (χ0) is 10.1. The van der Waals surface area contributed by atoms with Crippen LogP contribution in [0.1, 0.15) is 5.56 Å². The molecule has 6 heteroatoms. The van der Waals surface area contributed by atoms with Crippen LogP contribution in [0.2, 0.25) is 0 Å². The number of alkyl halides is 3. The van der Waals surface area contributed by atoms with Gasteiger partial charge in [-0.3, -0.25) is 0 Å². The first-order valence-corrected chi connectivity index (χ1v) is 4.32. The van der Waals surface area contributed by atoms with Gasteiger partial charge in [-0.2, -0.15) is 21.6 Å². The second-order valence-electron chi connectivity index (χ2n) is 2.28. The summed E-state index contributed by atoms with van der Waals surface area (Å²) in [5.74, 6) is 0. The van der Waals surface area contributed by atoms with E-state index in [1.54, 1.807) is 0 Å². The van der Waals surface area contributed by atoms with E-state index in [2.05, 4.69) is 0 Å². The van der Waals surface area contributed by atoms with Crippen LogP contribution in [-0.2, 0) is 6.18 Å². The standard InChI is InChI=1S/C7H4F5P/c8-7(9,10)5-2-1-3-6(4-5)13(11)12/h1-4H. The Hall–Kier alpha value is -0.700. The second kappa shape index (κ2) is 3.58. The van der Waals surface area contributed by atoms with Crippen molar-refractivity contribution in [3.8, 4) is 0 Å². The Morgan fingerprint density at radius 1 is 1.08 bits per heavy atom. The van der Waals surface area contributed by atoms with E-state index in [1.165, 1.54) is 0 Å². The number of benzene rings is 1. The highest BCUT2D eigenvalue weighted by Crippen LogP contribution is 2.38. The third kappa shape index (κ3) is 2.62. The topological polar surface area (TPSA) is 0 Å². The Balaban J connectivity index is 3.06. The molecule has 0 atom stereocenters. The largest absolute Gasteiger partial charge is 0.416 e. The highest BCUT2D eigenvalue weighted by atomic mass is 31.2. The smallest absolute Gasteiger partial charge is 0.183 e. The van der Waals surface area contributed by atoms with E-state index >= 15 is 0 Å². The lowest BCUT2D eigenvalue weighted by molar-refractivity contribution is -0.137. The molecule has 0 saturated carbocycles. The summed E-state index contributed by atoms with van der Waals surface area (Å²) in [7, 11) is -3.46. The van der Waals surface area contributed by atoms with Crippen LogP contribution in [0.15, 0.2) is 24.3 Å². The summed E-state index contributed by atoms with van der Waals surface area (Å²) < 4.78 is 60.0. The lowest BCUT2D eigenvalue weighted by atomic mass is 10.2. The SMILES string of the molecule is FP(F)c1cccc(C(F)(F)F)c1. The van der Waals surface area contributed by atoms with Crippen molar-refractivity contribution in [2.24, 2.45) is 0 Å². The Kier molecular flexibility index (Phi) is 2.86. The Labute approximate surface area is 72.4 Å². The first kappa shape index (κ1) is 10.4. The minimum Gasteiger partial charge on any atom is -0.183 e. The number of hydrogen-bond donors (Lipinski definition) is 0. The number of halogens is 5. The molecule has 0 N–H and O–H groups in total. The van der Waals surface area contributed by atoms with E-state index in [1.807, 2.05) is 0 Å². The average Bonchev–Trinajstić information content (AvgIpc) is 2.03. The molecule has 0 aliphatic heterocycles. The van der Waals surface area contributed by atoms with Gasteiger partial charge in [0.15, 0.2) is 0 Å². The molecule has 1 rings (SSSR count). The highest BCUT2D eigenvalue weighted by molar-refractivity contribution is 7.55. The van der Waals surface area contributed by atoms with Gasteiger partial charge in [-0.25, -0.2) is 0 Å². The Bertz CT molecular complexity index is 293. The van der Waals surface area contributed by atoms with Crippen molar-refractivity contribution < 1.29 is 21.6 Å². The summed E-state index contributed by atoms with van der Waals surface area (Å²) in [6, 6.07) is 3.21. The van der Waals surface area contributed by atoms with Crippen molar-refractivity contribution in [3.63, 3.8) is 0 Å². The van der Waals surface area contributed by atoms with Crippen molar-refractivity contribution in [2.75, 3.05) is 0 Å². The molecule has 0 spiro atoms. The molecule has 0 amide bonds. The van der Waals surface area contributed by atoms with E-state index in [9.17, 15) is 21.6 Å². The molecule has 0 radical (unpaired) electrons. The highest BCUT2D eigenvalue weighted by Gasteiger charge is 2.31. The minimum absolute atomic E-state index is 0.478. The summed E-state index contributed by atoms with van der Waals surface area (Å²) in [6.45, 7) is 0. The van der Waals surface area contributed by atoms with Crippen LogP contribution in [0.5, 0.6) is 0 Å². The second-order valence-corrected chi connectivity index (χ2v) is 3.26. The van der Waals surface area contributed by atoms with E-state index in [4.69, 9.17) is 0 Å². The van der Waals surface area contributed by atoms with E-state index in [0.29, 0.717) is 6.07 Å². The molecule has 0 nitrogen and oxygen atoms in total. The molecular formula is C7H4F5P. The van der Waals surface area contributed by atoms with E-state index < -0.39 is 25.6 Å². The van der Waals surface area contributed by atoms with Crippen LogP contribution in [0.25, 0.3) is 0 Å². The van der Waals surface area contributed by atoms with Crippen LogP contribution in [0, 0.1) is 0 Å². The van der Waals surface area contributed by atoms with Gasteiger partial charge in [0, 0.05) is 5.30 Å². The van der Waals surface area contributed by atoms with Crippen molar-refractivity contribution in [2.45, 2.75) is 6.18 Å². The molecule has 1 aromatic carbocycles. The zero-order valence-electron chi connectivity index (χ0n) is 6.15. The molecule has 72 valence electrons. The maximum Gasteiger partial charge on any atom is 0.416 e. The maximum absolute atomic E-state index is 12.0. The van der Waals surface area contributed by atoms with Crippen LogP contribution in [0.3, 0.4) is 0 Å². The van der Waals surface area contributed by atoms with Crippen molar-refractivity contribution >= 4 is 13.8 Å². The van der Waals surface area contributed by atoms with Crippen LogP contribution in [-0.4, -0.2) is 0 Å². The van der Waals surface area contributed by atoms with Gasteiger partial charge >= 0.3 is 6.18 Å². The zero-order valence-corrected chi connectivity index (χ0v) is 7.04. The molecule has 0 aliphatic rings. The van der Waals surface area contributed by atoms with Crippen LogP contribution in [0.4, 0.5) is 21.6 Å². The summed E-state index contributed by atoms with van der Waals surface area (Å²) in [6.07, 6.45) is -4.55. The van der Waals surface area contributed by atoms with Gasteiger partial charge in [0.25, 0.3) is 8.54 Å². The summed E-state index contributed by atoms with van der Waals surface area (Å²) >= 11 is 0. The molecule has 0 unspecified atom stereocenters. The van der Waals surface area contributed by atoms with Crippen LogP contribution < -0.4 is 5.30 Å². The molecule has 1 aromatic rings. The van der Waals surface area contributed by atoms with Crippen molar-refractivity contribution in [1.82, 2.24) is 0 Å². The van der Waals surface area contributed by atoms with Gasteiger partial charge in [0.2, 0.25) is 0 Å². The fourth-order valence-corrected chi connectivity index (χ4v) is 1.22.